The summed E-state index contributed by atoms with van der Waals surface area (Å²) in [7, 11) is 0. The molecule has 2 nitrogen and oxygen atoms in total. The molecule has 1 saturated carbocycles. The van der Waals surface area contributed by atoms with Gasteiger partial charge in [-0.2, -0.15) is 4.39 Å². The SMILES string of the molecule is CCCCC1CCC(C(=O)c2ccc(OCC)c(F)c2F)CC1. The van der Waals surface area contributed by atoms with Crippen LogP contribution in [0.15, 0.2) is 12.1 Å². The number of halogens is 2. The predicted octanol–water partition coefficient (Wildman–Crippen LogP) is 5.54. The van der Waals surface area contributed by atoms with Crippen molar-refractivity contribution in [3.8, 4) is 5.75 Å². The molecule has 23 heavy (non-hydrogen) atoms. The second-order valence-electron chi connectivity index (χ2n) is 6.40. The van der Waals surface area contributed by atoms with Gasteiger partial charge in [0.25, 0.3) is 0 Å². The summed E-state index contributed by atoms with van der Waals surface area (Å²) in [4.78, 5) is 12.5. The minimum absolute atomic E-state index is 0.134. The molecule has 0 unspecified atom stereocenters. The number of hydrogen-bond donors (Lipinski definition) is 0. The minimum Gasteiger partial charge on any atom is -0.491 e. The van der Waals surface area contributed by atoms with Gasteiger partial charge in [0, 0.05) is 5.92 Å². The zero-order chi connectivity index (χ0) is 16.8. The molecule has 0 aromatic heterocycles. The second-order valence-corrected chi connectivity index (χ2v) is 6.40. The molecule has 0 radical (unpaired) electrons. The van der Waals surface area contributed by atoms with Crippen molar-refractivity contribution in [3.05, 3.63) is 29.3 Å². The van der Waals surface area contributed by atoms with Crippen LogP contribution in [-0.2, 0) is 0 Å². The lowest BCUT2D eigenvalue weighted by Gasteiger charge is -2.27. The van der Waals surface area contributed by atoms with Gasteiger partial charge in [-0.3, -0.25) is 4.79 Å². The highest BCUT2D eigenvalue weighted by atomic mass is 19.2. The summed E-state index contributed by atoms with van der Waals surface area (Å²) in [6.45, 7) is 4.14. The van der Waals surface area contributed by atoms with Crippen LogP contribution in [0.2, 0.25) is 0 Å². The highest BCUT2D eigenvalue weighted by Gasteiger charge is 2.29. The fourth-order valence-corrected chi connectivity index (χ4v) is 3.42. The lowest BCUT2D eigenvalue weighted by Crippen LogP contribution is -2.23. The van der Waals surface area contributed by atoms with Crippen LogP contribution in [0, 0.1) is 23.5 Å². The topological polar surface area (TPSA) is 26.3 Å². The lowest BCUT2D eigenvalue weighted by molar-refractivity contribution is 0.0864. The van der Waals surface area contributed by atoms with E-state index < -0.39 is 11.6 Å². The molecule has 0 heterocycles. The molecule has 1 fully saturated rings. The summed E-state index contributed by atoms with van der Waals surface area (Å²) >= 11 is 0. The van der Waals surface area contributed by atoms with Gasteiger partial charge in [0.15, 0.2) is 17.3 Å². The first kappa shape index (κ1) is 17.9. The van der Waals surface area contributed by atoms with Crippen molar-refractivity contribution in [2.75, 3.05) is 6.61 Å². The molecular weight excluding hydrogens is 298 g/mol. The summed E-state index contributed by atoms with van der Waals surface area (Å²) in [5, 5.41) is 0. The maximum atomic E-state index is 14.2. The molecule has 0 bridgehead atoms. The normalized spacial score (nSPS) is 21.2. The van der Waals surface area contributed by atoms with E-state index in [2.05, 4.69) is 6.92 Å². The van der Waals surface area contributed by atoms with Crippen LogP contribution in [-0.4, -0.2) is 12.4 Å². The molecular formula is C19H26F2O2. The van der Waals surface area contributed by atoms with E-state index in [0.29, 0.717) is 5.92 Å². The molecule has 0 saturated heterocycles. The Hall–Kier alpha value is -1.45. The Morgan fingerprint density at radius 1 is 1.13 bits per heavy atom. The number of ketones is 1. The maximum absolute atomic E-state index is 14.2. The molecule has 0 atom stereocenters. The first-order chi connectivity index (χ1) is 11.1. The van der Waals surface area contributed by atoms with E-state index in [1.54, 1.807) is 6.92 Å². The van der Waals surface area contributed by atoms with E-state index in [9.17, 15) is 13.6 Å². The fourth-order valence-electron chi connectivity index (χ4n) is 3.42. The van der Waals surface area contributed by atoms with E-state index in [1.807, 2.05) is 0 Å². The van der Waals surface area contributed by atoms with Crippen molar-refractivity contribution < 1.29 is 18.3 Å². The molecule has 128 valence electrons. The van der Waals surface area contributed by atoms with Gasteiger partial charge in [0.05, 0.1) is 12.2 Å². The summed E-state index contributed by atoms with van der Waals surface area (Å²) in [5.41, 5.74) is -0.136. The van der Waals surface area contributed by atoms with Crippen LogP contribution in [0.5, 0.6) is 5.75 Å². The average Bonchev–Trinajstić information content (AvgIpc) is 2.57. The number of ether oxygens (including phenoxy) is 1. The summed E-state index contributed by atoms with van der Waals surface area (Å²) in [5.74, 6) is -2.03. The third-order valence-corrected chi connectivity index (χ3v) is 4.80. The van der Waals surface area contributed by atoms with E-state index in [0.717, 1.165) is 25.7 Å². The van der Waals surface area contributed by atoms with Crippen molar-refractivity contribution >= 4 is 5.78 Å². The van der Waals surface area contributed by atoms with Gasteiger partial charge >= 0.3 is 0 Å². The van der Waals surface area contributed by atoms with Crippen LogP contribution in [0.4, 0.5) is 8.78 Å². The number of Topliss-reactive ketones (excluding diaryl/α,β-unsaturated/α-hetero) is 1. The van der Waals surface area contributed by atoms with E-state index in [-0.39, 0.29) is 29.6 Å². The van der Waals surface area contributed by atoms with Crippen molar-refractivity contribution in [2.45, 2.75) is 58.8 Å². The molecule has 1 aliphatic rings. The molecule has 0 aliphatic heterocycles. The smallest absolute Gasteiger partial charge is 0.201 e. The first-order valence-electron chi connectivity index (χ1n) is 8.73. The van der Waals surface area contributed by atoms with E-state index in [4.69, 9.17) is 4.74 Å². The first-order valence-corrected chi connectivity index (χ1v) is 8.73. The number of hydrogen-bond acceptors (Lipinski definition) is 2. The number of carbonyl (C=O) groups is 1. The minimum atomic E-state index is -1.07. The number of rotatable bonds is 7. The molecule has 0 N–H and O–H groups in total. The zero-order valence-corrected chi connectivity index (χ0v) is 14.0. The molecule has 1 aromatic rings. The third kappa shape index (κ3) is 4.30. The molecule has 0 amide bonds. The van der Waals surface area contributed by atoms with Crippen LogP contribution in [0.1, 0.15) is 69.2 Å². The molecule has 1 aromatic carbocycles. The average molecular weight is 324 g/mol. The Balaban J connectivity index is 2.03. The Morgan fingerprint density at radius 2 is 1.83 bits per heavy atom. The van der Waals surface area contributed by atoms with Crippen LogP contribution in [0.25, 0.3) is 0 Å². The molecule has 1 aliphatic carbocycles. The Labute approximate surface area is 137 Å². The van der Waals surface area contributed by atoms with Gasteiger partial charge in [-0.15, -0.1) is 0 Å². The van der Waals surface area contributed by atoms with Gasteiger partial charge in [-0.05, 0) is 50.7 Å². The zero-order valence-electron chi connectivity index (χ0n) is 14.0. The Morgan fingerprint density at radius 3 is 2.43 bits per heavy atom. The highest BCUT2D eigenvalue weighted by molar-refractivity contribution is 5.98. The van der Waals surface area contributed by atoms with Gasteiger partial charge in [0.2, 0.25) is 5.82 Å². The van der Waals surface area contributed by atoms with E-state index >= 15 is 0 Å². The van der Waals surface area contributed by atoms with Gasteiger partial charge in [0.1, 0.15) is 0 Å². The molecule has 0 spiro atoms. The lowest BCUT2D eigenvalue weighted by atomic mass is 9.77. The van der Waals surface area contributed by atoms with Crippen molar-refractivity contribution in [3.63, 3.8) is 0 Å². The summed E-state index contributed by atoms with van der Waals surface area (Å²) in [6, 6.07) is 2.71. The standard InChI is InChI=1S/C19H26F2O2/c1-3-5-6-13-7-9-14(10-8-13)19(22)15-11-12-16(23-4-2)18(21)17(15)20/h11-14H,3-10H2,1-2H3. The largest absolute Gasteiger partial charge is 0.491 e. The molecule has 2 rings (SSSR count). The number of benzene rings is 1. The van der Waals surface area contributed by atoms with Crippen molar-refractivity contribution in [2.24, 2.45) is 11.8 Å². The second kappa shape index (κ2) is 8.42. The van der Waals surface area contributed by atoms with Gasteiger partial charge in [-0.1, -0.05) is 26.2 Å². The fraction of sp³-hybridized carbons (Fsp3) is 0.632. The predicted molar refractivity (Wildman–Crippen MR) is 86.8 cm³/mol. The van der Waals surface area contributed by atoms with Crippen molar-refractivity contribution in [1.29, 1.82) is 0 Å². The van der Waals surface area contributed by atoms with Crippen molar-refractivity contribution in [1.82, 2.24) is 0 Å². The van der Waals surface area contributed by atoms with Crippen LogP contribution in [0.3, 0.4) is 0 Å². The molecule has 4 heteroatoms. The van der Waals surface area contributed by atoms with E-state index in [1.165, 1.54) is 31.4 Å². The van der Waals surface area contributed by atoms with Crippen LogP contribution >= 0.6 is 0 Å². The monoisotopic (exact) mass is 324 g/mol. The highest BCUT2D eigenvalue weighted by Crippen LogP contribution is 2.35. The third-order valence-electron chi connectivity index (χ3n) is 4.80. The number of carbonyl (C=O) groups excluding carboxylic acids is 1. The summed E-state index contributed by atoms with van der Waals surface area (Å²) in [6.07, 6.45) is 7.21. The Bertz CT molecular complexity index is 534. The quantitative estimate of drug-likeness (QED) is 0.615. The maximum Gasteiger partial charge on any atom is 0.201 e. The van der Waals surface area contributed by atoms with Crippen LogP contribution < -0.4 is 4.74 Å². The number of unbranched alkanes of at least 4 members (excludes halogenated alkanes) is 1. The van der Waals surface area contributed by atoms with Gasteiger partial charge < -0.3 is 4.74 Å². The Kier molecular flexibility index (Phi) is 6.55. The summed E-state index contributed by atoms with van der Waals surface area (Å²) < 4.78 is 33.1. The van der Waals surface area contributed by atoms with Gasteiger partial charge in [-0.25, -0.2) is 4.39 Å².